The molecule has 1 fully saturated rings. The van der Waals surface area contributed by atoms with Gasteiger partial charge in [-0.05, 0) is 67.3 Å². The second kappa shape index (κ2) is 10.9. The molecule has 2 aromatic heterocycles. The second-order valence-corrected chi connectivity index (χ2v) is 8.48. The summed E-state index contributed by atoms with van der Waals surface area (Å²) in [6.45, 7) is -12.8. The maximum Gasteiger partial charge on any atom is 0.416 e. The number of anilines is 1. The van der Waals surface area contributed by atoms with E-state index >= 15 is 0 Å². The highest BCUT2D eigenvalue weighted by molar-refractivity contribution is 6.04. The van der Waals surface area contributed by atoms with E-state index in [2.05, 4.69) is 27.2 Å². The van der Waals surface area contributed by atoms with Crippen molar-refractivity contribution in [2.24, 2.45) is 0 Å². The average Bonchev–Trinajstić information content (AvgIpc) is 3.28. The van der Waals surface area contributed by atoms with E-state index in [-0.39, 0.29) is 28.0 Å². The fourth-order valence-electron chi connectivity index (χ4n) is 3.71. The van der Waals surface area contributed by atoms with Crippen LogP contribution in [-0.4, -0.2) is 63.4 Å². The summed E-state index contributed by atoms with van der Waals surface area (Å²) in [5.74, 6) is 4.89. The number of hydrogen-bond acceptors (Lipinski definition) is 5. The van der Waals surface area contributed by atoms with E-state index in [4.69, 9.17) is 13.7 Å². The molecule has 1 aliphatic heterocycles. The van der Waals surface area contributed by atoms with Crippen molar-refractivity contribution in [3.8, 4) is 11.8 Å². The van der Waals surface area contributed by atoms with E-state index in [9.17, 15) is 18.0 Å². The molecule has 3 heterocycles. The van der Waals surface area contributed by atoms with Crippen LogP contribution < -0.4 is 5.32 Å². The molecule has 200 valence electrons. The van der Waals surface area contributed by atoms with Gasteiger partial charge in [-0.2, -0.15) is 18.3 Å². The molecular weight excluding hydrogens is 505 g/mol. The second-order valence-electron chi connectivity index (χ2n) is 8.48. The number of aryl methyl sites for hydroxylation is 1. The predicted octanol–water partition coefficient (Wildman–Crippen LogP) is 4.46. The molecule has 0 spiro atoms. The minimum Gasteiger partial charge on any atom is -0.322 e. The number of hydrogen-bond donors (Lipinski definition) is 1. The Balaban J connectivity index is 1.43. The number of aromatic nitrogens is 3. The third-order valence-corrected chi connectivity index (χ3v) is 5.73. The number of nitrogens with zero attached hydrogens (tertiary/aromatic N) is 5. The van der Waals surface area contributed by atoms with E-state index in [0.717, 1.165) is 12.1 Å². The standard InChI is InChI=1S/C29H27F3N6O/c1-20-5-6-22(16-21(20)8-10-25-18-33-27-4-3-11-34-38(25)27)28(39)35-24-9-7-23(26(17-24)29(30,31)32)19-37-14-12-36(2)13-15-37/h3-7,9,11,16-18H,12-15,19H2,1-2H3,(H,35,39)/i2D3,12D2,13D2,18D,19D2. The topological polar surface area (TPSA) is 65.8 Å². The van der Waals surface area contributed by atoms with Crippen molar-refractivity contribution in [2.45, 2.75) is 19.6 Å². The van der Waals surface area contributed by atoms with Gasteiger partial charge in [0.1, 0.15) is 5.69 Å². The van der Waals surface area contributed by atoms with E-state index in [1.807, 2.05) is 0 Å². The molecule has 0 radical (unpaired) electrons. The molecule has 1 aliphatic rings. The number of piperazine rings is 1. The van der Waals surface area contributed by atoms with Crippen molar-refractivity contribution >= 4 is 17.2 Å². The zero-order chi connectivity index (χ0) is 36.3. The molecule has 5 rings (SSSR count). The van der Waals surface area contributed by atoms with Crippen molar-refractivity contribution in [1.29, 1.82) is 0 Å². The van der Waals surface area contributed by atoms with Crippen molar-refractivity contribution < 1.29 is 31.7 Å². The van der Waals surface area contributed by atoms with Gasteiger partial charge in [-0.25, -0.2) is 9.50 Å². The summed E-state index contributed by atoms with van der Waals surface area (Å²) in [5, 5.41) is 6.49. The maximum absolute atomic E-state index is 14.4. The minimum atomic E-state index is -5.17. The number of rotatable bonds is 4. The molecule has 7 nitrogen and oxygen atoms in total. The number of fused-ring (bicyclic) bond motifs is 1. The lowest BCUT2D eigenvalue weighted by atomic mass is 10.0. The molecule has 4 aromatic rings. The molecule has 0 bridgehead atoms. The highest BCUT2D eigenvalue weighted by Crippen LogP contribution is 2.34. The highest BCUT2D eigenvalue weighted by atomic mass is 19.4. The van der Waals surface area contributed by atoms with Gasteiger partial charge >= 0.3 is 6.18 Å². The summed E-state index contributed by atoms with van der Waals surface area (Å²) < 4.78 is 125. The van der Waals surface area contributed by atoms with Gasteiger partial charge in [-0.15, -0.1) is 0 Å². The Morgan fingerprint density at radius 2 is 2.03 bits per heavy atom. The Labute approximate surface area is 238 Å². The number of halogens is 3. The monoisotopic (exact) mass is 542 g/mol. The normalized spacial score (nSPS) is 21.7. The number of likely N-dealkylation sites (N-methyl/N-ethyl adjacent to an activating group) is 1. The Morgan fingerprint density at radius 1 is 1.21 bits per heavy atom. The summed E-state index contributed by atoms with van der Waals surface area (Å²) in [6.07, 6.45) is -3.78. The van der Waals surface area contributed by atoms with Gasteiger partial charge in [0.25, 0.3) is 5.91 Å². The number of nitrogens with one attached hydrogen (secondary N) is 1. The molecule has 1 amide bonds. The Kier molecular flexibility index (Phi) is 4.66. The smallest absolute Gasteiger partial charge is 0.322 e. The van der Waals surface area contributed by atoms with Gasteiger partial charge in [0, 0.05) is 67.9 Å². The number of alkyl halides is 3. The molecule has 0 saturated carbocycles. The Morgan fingerprint density at radius 3 is 2.79 bits per heavy atom. The average molecular weight is 543 g/mol. The first-order valence-electron chi connectivity index (χ1n) is 16.5. The number of carbonyl (C=O) groups excluding carboxylic acids is 1. The van der Waals surface area contributed by atoms with Crippen LogP contribution in [0.5, 0.6) is 0 Å². The molecule has 10 heteroatoms. The van der Waals surface area contributed by atoms with Crippen LogP contribution in [0, 0.1) is 18.8 Å². The van der Waals surface area contributed by atoms with E-state index in [1.165, 1.54) is 22.8 Å². The fourth-order valence-corrected chi connectivity index (χ4v) is 3.71. The highest BCUT2D eigenvalue weighted by Gasteiger charge is 2.34. The van der Waals surface area contributed by atoms with Crippen LogP contribution in [0.25, 0.3) is 5.65 Å². The van der Waals surface area contributed by atoms with E-state index in [1.54, 1.807) is 25.1 Å². The summed E-state index contributed by atoms with van der Waals surface area (Å²) in [4.78, 5) is 17.7. The molecule has 0 unspecified atom stereocenters. The lowest BCUT2D eigenvalue weighted by Crippen LogP contribution is -2.44. The van der Waals surface area contributed by atoms with Crippen LogP contribution >= 0.6 is 0 Å². The van der Waals surface area contributed by atoms with Gasteiger partial charge in [0.2, 0.25) is 0 Å². The summed E-state index contributed by atoms with van der Waals surface area (Å²) in [6, 6.07) is 10.0. The predicted molar refractivity (Wildman–Crippen MR) is 142 cm³/mol. The third-order valence-electron chi connectivity index (χ3n) is 5.73. The van der Waals surface area contributed by atoms with Crippen molar-refractivity contribution in [1.82, 2.24) is 24.4 Å². The van der Waals surface area contributed by atoms with Crippen LogP contribution in [-0.2, 0) is 12.7 Å². The van der Waals surface area contributed by atoms with Crippen molar-refractivity contribution in [2.75, 3.05) is 38.4 Å². The van der Waals surface area contributed by atoms with E-state index in [0.29, 0.717) is 27.7 Å². The maximum atomic E-state index is 14.4. The fraction of sp³-hybridized carbons (Fsp3) is 0.276. The molecule has 0 aliphatic carbocycles. The molecule has 0 atom stereocenters. The van der Waals surface area contributed by atoms with Gasteiger partial charge in [0.15, 0.2) is 5.65 Å². The number of imidazole rings is 1. The van der Waals surface area contributed by atoms with Gasteiger partial charge in [-0.1, -0.05) is 18.1 Å². The largest absolute Gasteiger partial charge is 0.416 e. The zero-order valence-electron chi connectivity index (χ0n) is 30.4. The first-order valence-corrected chi connectivity index (χ1v) is 11.5. The Bertz CT molecular complexity index is 1980. The van der Waals surface area contributed by atoms with E-state index < -0.39 is 62.8 Å². The zero-order valence-corrected chi connectivity index (χ0v) is 20.4. The molecule has 39 heavy (non-hydrogen) atoms. The lowest BCUT2D eigenvalue weighted by molar-refractivity contribution is -0.138. The van der Waals surface area contributed by atoms with Crippen LogP contribution in [0.3, 0.4) is 0 Å². The molecular formula is C29H27F3N6O. The van der Waals surface area contributed by atoms with Crippen LogP contribution in [0.15, 0.2) is 60.9 Å². The lowest BCUT2D eigenvalue weighted by Gasteiger charge is -2.33. The quantitative estimate of drug-likeness (QED) is 0.386. The van der Waals surface area contributed by atoms with Crippen molar-refractivity contribution in [3.63, 3.8) is 0 Å². The van der Waals surface area contributed by atoms with Crippen LogP contribution in [0.2, 0.25) is 0 Å². The summed E-state index contributed by atoms with van der Waals surface area (Å²) in [5.41, 5.74) is -1.16. The first-order chi connectivity index (χ1) is 22.5. The van der Waals surface area contributed by atoms with Crippen LogP contribution in [0.1, 0.15) is 52.0 Å². The Hall–Kier alpha value is -4.20. The SMILES string of the molecule is [2H]c1nc2cccnn2c1C#Cc1cc(C(=O)Nc2ccc(C([2H])([2H])N3CC([2H])([2H])N(C([2H])([2H])[2H])C([2H])([2H])C3)c(C(F)(F)F)c2)ccc1C. The third kappa shape index (κ3) is 6.11. The molecule has 2 aromatic carbocycles. The minimum absolute atomic E-state index is 0.0295. The number of amides is 1. The molecule has 1 N–H and O–H groups in total. The van der Waals surface area contributed by atoms with Crippen LogP contribution in [0.4, 0.5) is 18.9 Å². The molecule has 1 saturated heterocycles. The number of carbonyl (C=O) groups is 1. The van der Waals surface area contributed by atoms with Gasteiger partial charge < -0.3 is 10.2 Å². The summed E-state index contributed by atoms with van der Waals surface area (Å²) >= 11 is 0. The number of benzene rings is 2. The summed E-state index contributed by atoms with van der Waals surface area (Å²) in [7, 11) is 0. The van der Waals surface area contributed by atoms with Crippen molar-refractivity contribution in [3.05, 3.63) is 94.4 Å². The van der Waals surface area contributed by atoms with Gasteiger partial charge in [0.05, 0.1) is 13.1 Å². The first kappa shape index (κ1) is 16.7. The van der Waals surface area contributed by atoms with Gasteiger partial charge in [-0.3, -0.25) is 9.69 Å².